The van der Waals surface area contributed by atoms with Gasteiger partial charge in [-0.15, -0.1) is 0 Å². The fraction of sp³-hybridized carbons (Fsp3) is 1.00. The van der Waals surface area contributed by atoms with Crippen molar-refractivity contribution >= 4 is 0 Å². The molecule has 0 bridgehead atoms. The molecule has 0 aliphatic heterocycles. The number of nitrogens with one attached hydrogen (secondary N) is 3. The molecular weight excluding hydrogens is 162 g/mol. The minimum Gasteiger partial charge on any atom is -0.310 e. The summed E-state index contributed by atoms with van der Waals surface area (Å²) in [5.74, 6) is 0. The van der Waals surface area contributed by atoms with Crippen LogP contribution in [0.4, 0.5) is 0 Å². The van der Waals surface area contributed by atoms with Crippen molar-refractivity contribution in [3.05, 3.63) is 0 Å². The number of rotatable bonds is 6. The van der Waals surface area contributed by atoms with Crippen LogP contribution in [-0.2, 0) is 0 Å². The summed E-state index contributed by atoms with van der Waals surface area (Å²) in [7, 11) is 0. The Bertz CT molecular complexity index is 141. The number of hydrazine groups is 1. The van der Waals surface area contributed by atoms with E-state index in [-0.39, 0.29) is 11.1 Å². The van der Waals surface area contributed by atoms with Gasteiger partial charge in [-0.3, -0.25) is 10.9 Å². The van der Waals surface area contributed by atoms with Crippen molar-refractivity contribution in [2.45, 2.75) is 52.6 Å². The Hall–Kier alpha value is -0.120. The zero-order valence-corrected chi connectivity index (χ0v) is 9.91. The molecule has 3 N–H and O–H groups in total. The van der Waals surface area contributed by atoms with Crippen LogP contribution in [0.2, 0.25) is 0 Å². The van der Waals surface area contributed by atoms with Crippen molar-refractivity contribution in [1.82, 2.24) is 16.2 Å². The van der Waals surface area contributed by atoms with E-state index in [1.54, 1.807) is 0 Å². The van der Waals surface area contributed by atoms with Gasteiger partial charge in [0.1, 0.15) is 0 Å². The van der Waals surface area contributed by atoms with Crippen molar-refractivity contribution in [3.63, 3.8) is 0 Å². The van der Waals surface area contributed by atoms with Gasteiger partial charge < -0.3 is 5.32 Å². The second-order valence-electron chi connectivity index (χ2n) is 4.44. The topological polar surface area (TPSA) is 36.1 Å². The van der Waals surface area contributed by atoms with E-state index in [0.29, 0.717) is 0 Å². The van der Waals surface area contributed by atoms with E-state index in [0.717, 1.165) is 13.1 Å². The molecule has 0 rings (SSSR count). The lowest BCUT2D eigenvalue weighted by Gasteiger charge is -2.43. The Kier molecular flexibility index (Phi) is 4.89. The van der Waals surface area contributed by atoms with E-state index < -0.39 is 0 Å². The van der Waals surface area contributed by atoms with Crippen LogP contribution in [0.3, 0.4) is 0 Å². The predicted octanol–water partition coefficient (Wildman–Crippen LogP) is 1.27. The van der Waals surface area contributed by atoms with Gasteiger partial charge in [0.25, 0.3) is 0 Å². The van der Waals surface area contributed by atoms with Crippen LogP contribution >= 0.6 is 0 Å². The fourth-order valence-corrected chi connectivity index (χ4v) is 1.13. The normalized spacial score (nSPS) is 13.4. The minimum absolute atomic E-state index is 0.0268. The Balaban J connectivity index is 4.22. The number of likely N-dealkylation sites (N-methyl/N-ethyl adjacent to an activating group) is 1. The van der Waals surface area contributed by atoms with Crippen LogP contribution in [0.1, 0.15) is 41.5 Å². The third kappa shape index (κ3) is 3.63. The molecule has 0 spiro atoms. The van der Waals surface area contributed by atoms with Crippen molar-refractivity contribution in [3.8, 4) is 0 Å². The third-order valence-corrected chi connectivity index (χ3v) is 2.76. The first-order valence-corrected chi connectivity index (χ1v) is 5.12. The lowest BCUT2D eigenvalue weighted by molar-refractivity contribution is 0.175. The van der Waals surface area contributed by atoms with E-state index in [2.05, 4.69) is 57.7 Å². The molecule has 13 heavy (non-hydrogen) atoms. The van der Waals surface area contributed by atoms with E-state index in [4.69, 9.17) is 0 Å². The van der Waals surface area contributed by atoms with Gasteiger partial charge in [0.15, 0.2) is 0 Å². The first kappa shape index (κ1) is 12.9. The quantitative estimate of drug-likeness (QED) is 0.548. The Morgan fingerprint density at radius 1 is 0.846 bits per heavy atom. The van der Waals surface area contributed by atoms with Gasteiger partial charge in [0, 0.05) is 17.6 Å². The van der Waals surface area contributed by atoms with Crippen LogP contribution in [0.15, 0.2) is 0 Å². The molecule has 0 atom stereocenters. The standard InChI is InChI=1S/C10H25N3/c1-7-11-9(3,4)10(5,6)13-12-8-2/h11-13H,7-8H2,1-6H3. The molecule has 80 valence electrons. The van der Waals surface area contributed by atoms with Gasteiger partial charge in [-0.25, -0.2) is 0 Å². The van der Waals surface area contributed by atoms with Crippen molar-refractivity contribution in [1.29, 1.82) is 0 Å². The predicted molar refractivity (Wildman–Crippen MR) is 58.6 cm³/mol. The average molecular weight is 187 g/mol. The van der Waals surface area contributed by atoms with Crippen molar-refractivity contribution in [2.75, 3.05) is 13.1 Å². The average Bonchev–Trinajstić information content (AvgIpc) is 2.00. The van der Waals surface area contributed by atoms with Gasteiger partial charge in [-0.1, -0.05) is 13.8 Å². The monoisotopic (exact) mass is 187 g/mol. The largest absolute Gasteiger partial charge is 0.310 e. The third-order valence-electron chi connectivity index (χ3n) is 2.76. The summed E-state index contributed by atoms with van der Waals surface area (Å²) in [5, 5.41) is 3.47. The van der Waals surface area contributed by atoms with Crippen molar-refractivity contribution < 1.29 is 0 Å². The maximum Gasteiger partial charge on any atom is 0.0443 e. The molecule has 0 aromatic rings. The molecule has 0 fully saturated rings. The minimum atomic E-state index is 0.0268. The van der Waals surface area contributed by atoms with Gasteiger partial charge >= 0.3 is 0 Å². The van der Waals surface area contributed by atoms with Gasteiger partial charge in [-0.05, 0) is 34.2 Å². The van der Waals surface area contributed by atoms with E-state index in [1.165, 1.54) is 0 Å². The second kappa shape index (κ2) is 4.94. The number of hydrogen-bond donors (Lipinski definition) is 3. The van der Waals surface area contributed by atoms with E-state index in [9.17, 15) is 0 Å². The molecule has 0 saturated heterocycles. The summed E-state index contributed by atoms with van der Waals surface area (Å²) < 4.78 is 0. The molecule has 0 aromatic carbocycles. The molecular formula is C10H25N3. The van der Waals surface area contributed by atoms with Gasteiger partial charge in [0.2, 0.25) is 0 Å². The smallest absolute Gasteiger partial charge is 0.0443 e. The second-order valence-corrected chi connectivity index (χ2v) is 4.44. The highest BCUT2D eigenvalue weighted by Gasteiger charge is 2.35. The van der Waals surface area contributed by atoms with Crippen LogP contribution < -0.4 is 16.2 Å². The summed E-state index contributed by atoms with van der Waals surface area (Å²) in [6, 6.07) is 0. The number of hydrogen-bond acceptors (Lipinski definition) is 3. The van der Waals surface area contributed by atoms with Crippen LogP contribution in [0.25, 0.3) is 0 Å². The maximum absolute atomic E-state index is 3.47. The Labute approximate surface area is 82.6 Å². The zero-order valence-electron chi connectivity index (χ0n) is 9.91. The molecule has 0 radical (unpaired) electrons. The van der Waals surface area contributed by atoms with Gasteiger partial charge in [-0.2, -0.15) is 0 Å². The SMILES string of the molecule is CCNNC(C)(C)C(C)(C)NCC. The lowest BCUT2D eigenvalue weighted by Crippen LogP contribution is -2.65. The summed E-state index contributed by atoms with van der Waals surface area (Å²) in [5.41, 5.74) is 6.58. The molecule has 3 heteroatoms. The molecule has 0 unspecified atom stereocenters. The summed E-state index contributed by atoms with van der Waals surface area (Å²) in [6.45, 7) is 14.9. The fourth-order valence-electron chi connectivity index (χ4n) is 1.13. The summed E-state index contributed by atoms with van der Waals surface area (Å²) >= 11 is 0. The molecule has 0 amide bonds. The molecule has 0 aliphatic rings. The Morgan fingerprint density at radius 3 is 1.77 bits per heavy atom. The Morgan fingerprint density at radius 2 is 1.38 bits per heavy atom. The summed E-state index contributed by atoms with van der Waals surface area (Å²) in [6.07, 6.45) is 0. The first-order valence-electron chi connectivity index (χ1n) is 5.12. The lowest BCUT2D eigenvalue weighted by atomic mass is 9.83. The first-order chi connectivity index (χ1) is 5.87. The van der Waals surface area contributed by atoms with E-state index >= 15 is 0 Å². The van der Waals surface area contributed by atoms with Crippen LogP contribution in [0, 0.1) is 0 Å². The van der Waals surface area contributed by atoms with Crippen LogP contribution in [0.5, 0.6) is 0 Å². The highest BCUT2D eigenvalue weighted by Crippen LogP contribution is 2.19. The molecule has 3 nitrogen and oxygen atoms in total. The highest BCUT2D eigenvalue weighted by atomic mass is 15.4. The summed E-state index contributed by atoms with van der Waals surface area (Å²) in [4.78, 5) is 0. The molecule has 0 aromatic heterocycles. The highest BCUT2D eigenvalue weighted by molar-refractivity contribution is 4.98. The molecule has 0 heterocycles. The zero-order chi connectivity index (χ0) is 10.5. The van der Waals surface area contributed by atoms with E-state index in [1.807, 2.05) is 0 Å². The molecule has 0 aliphatic carbocycles. The maximum atomic E-state index is 3.47. The molecule has 0 saturated carbocycles. The van der Waals surface area contributed by atoms with Crippen molar-refractivity contribution in [2.24, 2.45) is 0 Å². The van der Waals surface area contributed by atoms with Crippen LogP contribution in [-0.4, -0.2) is 24.2 Å². The van der Waals surface area contributed by atoms with Gasteiger partial charge in [0.05, 0.1) is 0 Å².